The number of hydrogen-bond donors (Lipinski definition) is 3. The number of amides is 2. The summed E-state index contributed by atoms with van der Waals surface area (Å²) in [6.07, 6.45) is 2.74. The van der Waals surface area contributed by atoms with Crippen molar-refractivity contribution in [3.63, 3.8) is 0 Å². The molecule has 1 aromatic heterocycles. The Labute approximate surface area is 308 Å². The van der Waals surface area contributed by atoms with Crippen molar-refractivity contribution in [3.05, 3.63) is 149 Å². The first-order valence-electron chi connectivity index (χ1n) is 17.2. The first kappa shape index (κ1) is 36.7. The number of carbonyl (C=O) groups is 2. The Balaban J connectivity index is 1.15. The van der Waals surface area contributed by atoms with E-state index >= 15 is 0 Å². The van der Waals surface area contributed by atoms with Crippen LogP contribution in [0.2, 0.25) is 0 Å². The molecule has 0 saturated carbocycles. The molecule has 6 rings (SSSR count). The normalized spacial score (nSPS) is 19.0. The van der Waals surface area contributed by atoms with E-state index in [-0.39, 0.29) is 31.3 Å². The maximum Gasteiger partial charge on any atom is 0.328 e. The second-order valence-electron chi connectivity index (χ2n) is 12.6. The summed E-state index contributed by atoms with van der Waals surface area (Å²) in [6, 6.07) is 33.9. The number of urea groups is 1. The van der Waals surface area contributed by atoms with Gasteiger partial charge in [0.05, 0.1) is 25.9 Å². The number of nitrogens with one attached hydrogen (secondary N) is 2. The van der Waals surface area contributed by atoms with E-state index < -0.39 is 24.3 Å². The Morgan fingerprint density at radius 2 is 1.54 bits per heavy atom. The lowest BCUT2D eigenvalue weighted by molar-refractivity contribution is -0.268. The summed E-state index contributed by atoms with van der Waals surface area (Å²) in [5.74, 6) is 0.159. The number of nitrogens with zero attached hydrogens (tertiary/aromatic N) is 2. The summed E-state index contributed by atoms with van der Waals surface area (Å²) in [6.45, 7) is 2.37. The Bertz CT molecular complexity index is 1910. The molecule has 52 heavy (non-hydrogen) atoms. The lowest BCUT2D eigenvalue weighted by Gasteiger charge is -2.41. The van der Waals surface area contributed by atoms with E-state index in [0.717, 1.165) is 38.9 Å². The minimum atomic E-state index is -0.821. The molecule has 0 aliphatic carbocycles. The molecule has 4 aromatic carbocycles. The Hall–Kier alpha value is -5.07. The van der Waals surface area contributed by atoms with Crippen LogP contribution in [0.5, 0.6) is 0 Å². The van der Waals surface area contributed by atoms with E-state index in [1.54, 1.807) is 30.2 Å². The van der Waals surface area contributed by atoms with Crippen molar-refractivity contribution in [2.24, 2.45) is 5.92 Å². The number of aromatic nitrogens is 2. The maximum absolute atomic E-state index is 12.9. The van der Waals surface area contributed by atoms with E-state index in [9.17, 15) is 14.7 Å². The zero-order chi connectivity index (χ0) is 36.3. The molecule has 1 fully saturated rings. The van der Waals surface area contributed by atoms with Crippen LogP contribution in [-0.2, 0) is 38.6 Å². The fourth-order valence-electron chi connectivity index (χ4n) is 6.13. The number of aliphatic hydroxyl groups excluding tert-OH is 1. The van der Waals surface area contributed by atoms with Gasteiger partial charge in [0, 0.05) is 42.6 Å². The van der Waals surface area contributed by atoms with Crippen molar-refractivity contribution in [3.8, 4) is 11.1 Å². The predicted octanol–water partition coefficient (Wildman–Crippen LogP) is 6.80. The zero-order valence-corrected chi connectivity index (χ0v) is 29.9. The molecule has 1 saturated heterocycles. The molecule has 11 heteroatoms. The molecule has 0 radical (unpaired) electrons. The Kier molecular flexibility index (Phi) is 12.7. The number of esters is 1. The lowest BCUT2D eigenvalue weighted by atomic mass is 9.91. The minimum Gasteiger partial charge on any atom is -0.467 e. The third-order valence-corrected chi connectivity index (χ3v) is 9.95. The first-order valence-corrected chi connectivity index (χ1v) is 18.1. The second kappa shape index (κ2) is 17.9. The summed E-state index contributed by atoms with van der Waals surface area (Å²) in [7, 11) is 1.31. The van der Waals surface area contributed by atoms with Crippen LogP contribution >= 0.6 is 11.8 Å². The summed E-state index contributed by atoms with van der Waals surface area (Å²) in [5.41, 5.74) is 6.47. The third-order valence-electron chi connectivity index (χ3n) is 8.99. The topological polar surface area (TPSA) is 132 Å². The van der Waals surface area contributed by atoms with Gasteiger partial charge in [0.25, 0.3) is 0 Å². The summed E-state index contributed by atoms with van der Waals surface area (Å²) in [5, 5.41) is 15.9. The summed E-state index contributed by atoms with van der Waals surface area (Å²) >= 11 is 1.55. The number of ether oxygens (including phenoxy) is 3. The minimum absolute atomic E-state index is 0.0225. The van der Waals surface area contributed by atoms with Gasteiger partial charge < -0.3 is 30.0 Å². The highest BCUT2D eigenvalue weighted by molar-refractivity contribution is 7.99. The van der Waals surface area contributed by atoms with Gasteiger partial charge in [-0.15, -0.1) is 0 Å². The number of aliphatic hydroxyl groups is 1. The van der Waals surface area contributed by atoms with Crippen LogP contribution in [0.15, 0.2) is 127 Å². The highest BCUT2D eigenvalue weighted by Gasteiger charge is 2.38. The maximum atomic E-state index is 12.9. The van der Waals surface area contributed by atoms with Gasteiger partial charge in [-0.3, -0.25) is 0 Å². The SMILES string of the molecule is COC(=O)[C@H](Cc1ccccc1)NC(=O)NCc1cccc(-c2cccc([C@H]3O[C@@H](CSc4ncccn4)[C@@H](C)[C@@H](c4ccc(CO)cc4)O3)c2)c1. The second-order valence-corrected chi connectivity index (χ2v) is 13.6. The van der Waals surface area contributed by atoms with Gasteiger partial charge in [-0.1, -0.05) is 110 Å². The van der Waals surface area contributed by atoms with E-state index in [2.05, 4.69) is 33.6 Å². The first-order chi connectivity index (χ1) is 25.4. The van der Waals surface area contributed by atoms with Crippen molar-refractivity contribution in [2.75, 3.05) is 12.9 Å². The van der Waals surface area contributed by atoms with Crippen LogP contribution in [0.3, 0.4) is 0 Å². The van der Waals surface area contributed by atoms with Gasteiger partial charge in [-0.25, -0.2) is 19.6 Å². The molecular weight excluding hydrogens is 677 g/mol. The molecular formula is C41H42N4O6S. The number of rotatable bonds is 13. The van der Waals surface area contributed by atoms with Gasteiger partial charge in [0.1, 0.15) is 6.04 Å². The van der Waals surface area contributed by atoms with Crippen molar-refractivity contribution in [2.45, 2.75) is 56.2 Å². The molecule has 1 aliphatic heterocycles. The number of thioether (sulfide) groups is 1. The highest BCUT2D eigenvalue weighted by Crippen LogP contribution is 2.43. The van der Waals surface area contributed by atoms with E-state index in [1.165, 1.54) is 7.11 Å². The van der Waals surface area contributed by atoms with Gasteiger partial charge in [-0.05, 0) is 51.6 Å². The van der Waals surface area contributed by atoms with Crippen molar-refractivity contribution in [1.82, 2.24) is 20.6 Å². The molecule has 3 N–H and O–H groups in total. The molecule has 2 heterocycles. The van der Waals surface area contributed by atoms with Crippen molar-refractivity contribution >= 4 is 23.8 Å². The lowest BCUT2D eigenvalue weighted by Crippen LogP contribution is -2.47. The smallest absolute Gasteiger partial charge is 0.328 e. The average Bonchev–Trinajstić information content (AvgIpc) is 3.20. The van der Waals surface area contributed by atoms with Gasteiger partial charge >= 0.3 is 12.0 Å². The number of benzene rings is 4. The standard InChI is InChI=1S/C41H42N4O6S/c1-27-36(26-52-41-42-19-8-20-43-41)50-39(51-37(27)31-17-15-29(25-46)16-18-31)34-14-7-13-33(23-34)32-12-6-11-30(21-32)24-44-40(48)45-35(38(47)49-2)22-28-9-4-3-5-10-28/h3-21,23,27,35-37,39,46H,22,24-26H2,1-2H3,(H2,44,45,48)/t27-,35+,36+,37+,39+/m1/s1. The Morgan fingerprint density at radius 1 is 0.827 bits per heavy atom. The van der Waals surface area contributed by atoms with Gasteiger partial charge in [0.15, 0.2) is 11.4 Å². The molecule has 0 spiro atoms. The Morgan fingerprint density at radius 3 is 2.27 bits per heavy atom. The predicted molar refractivity (Wildman–Crippen MR) is 199 cm³/mol. The van der Waals surface area contributed by atoms with Gasteiger partial charge in [0.2, 0.25) is 0 Å². The number of carbonyl (C=O) groups excluding carboxylic acids is 2. The average molecular weight is 719 g/mol. The molecule has 268 valence electrons. The van der Waals surface area contributed by atoms with E-state index in [4.69, 9.17) is 14.2 Å². The van der Waals surface area contributed by atoms with E-state index in [1.807, 2.05) is 97.1 Å². The molecule has 5 atom stereocenters. The quantitative estimate of drug-likeness (QED) is 0.0683. The van der Waals surface area contributed by atoms with E-state index in [0.29, 0.717) is 17.3 Å². The summed E-state index contributed by atoms with van der Waals surface area (Å²) < 4.78 is 18.3. The number of methoxy groups -OCH3 is 1. The number of hydrogen-bond acceptors (Lipinski definition) is 9. The van der Waals surface area contributed by atoms with Crippen LogP contribution in [0.25, 0.3) is 11.1 Å². The summed E-state index contributed by atoms with van der Waals surface area (Å²) in [4.78, 5) is 34.0. The largest absolute Gasteiger partial charge is 0.467 e. The molecule has 5 aromatic rings. The third kappa shape index (κ3) is 9.62. The van der Waals surface area contributed by atoms with Crippen LogP contribution in [0, 0.1) is 5.92 Å². The molecule has 2 amide bonds. The van der Waals surface area contributed by atoms with Crippen LogP contribution < -0.4 is 10.6 Å². The zero-order valence-electron chi connectivity index (χ0n) is 29.1. The van der Waals surface area contributed by atoms with Crippen LogP contribution in [0.1, 0.15) is 47.1 Å². The van der Waals surface area contributed by atoms with Crippen molar-refractivity contribution in [1.29, 1.82) is 0 Å². The molecule has 0 bridgehead atoms. The highest BCUT2D eigenvalue weighted by atomic mass is 32.2. The fourth-order valence-corrected chi connectivity index (χ4v) is 7.10. The molecule has 10 nitrogen and oxygen atoms in total. The monoisotopic (exact) mass is 718 g/mol. The van der Waals surface area contributed by atoms with Crippen molar-refractivity contribution < 1.29 is 28.9 Å². The fraction of sp³-hybridized carbons (Fsp3) is 0.268. The van der Waals surface area contributed by atoms with Gasteiger partial charge in [-0.2, -0.15) is 0 Å². The molecule has 0 unspecified atom stereocenters. The van der Waals surface area contributed by atoms with Crippen LogP contribution in [0.4, 0.5) is 4.79 Å². The van der Waals surface area contributed by atoms with Crippen LogP contribution in [-0.4, -0.2) is 52.1 Å². The molecule has 1 aliphatic rings.